The molecule has 0 spiro atoms. The molecule has 3 rings (SSSR count). The quantitative estimate of drug-likeness (QED) is 0.530. The van der Waals surface area contributed by atoms with Crippen LogP contribution in [0, 0.1) is 0 Å². The van der Waals surface area contributed by atoms with Crippen LogP contribution in [0.25, 0.3) is 0 Å². The van der Waals surface area contributed by atoms with Crippen LogP contribution >= 0.6 is 0 Å². The molecule has 0 aliphatic carbocycles. The highest BCUT2D eigenvalue weighted by Gasteiger charge is 2.13. The van der Waals surface area contributed by atoms with Crippen LogP contribution in [0.1, 0.15) is 5.82 Å². The third-order valence-corrected chi connectivity index (χ3v) is 3.67. The van der Waals surface area contributed by atoms with Crippen LogP contribution in [0.3, 0.4) is 0 Å². The van der Waals surface area contributed by atoms with Gasteiger partial charge >= 0.3 is 5.97 Å². The minimum Gasteiger partial charge on any atom is -0.495 e. The first kappa shape index (κ1) is 19.7. The fourth-order valence-electron chi connectivity index (χ4n) is 2.37. The van der Waals surface area contributed by atoms with Crippen molar-refractivity contribution in [1.82, 2.24) is 24.9 Å². The van der Waals surface area contributed by atoms with Crippen LogP contribution in [0.5, 0.6) is 5.75 Å². The molecular weight excluding hydrogens is 376 g/mol. The molecule has 11 heteroatoms. The van der Waals surface area contributed by atoms with Crippen molar-refractivity contribution in [3.63, 3.8) is 0 Å². The van der Waals surface area contributed by atoms with E-state index >= 15 is 0 Å². The van der Waals surface area contributed by atoms with Gasteiger partial charge in [-0.2, -0.15) is 15.0 Å². The van der Waals surface area contributed by atoms with Gasteiger partial charge in [-0.3, -0.25) is 4.79 Å². The van der Waals surface area contributed by atoms with Crippen LogP contribution in [-0.4, -0.2) is 51.6 Å². The molecule has 150 valence electrons. The van der Waals surface area contributed by atoms with Crippen LogP contribution in [-0.2, 0) is 16.1 Å². The maximum Gasteiger partial charge on any atom is 0.326 e. The lowest BCUT2D eigenvalue weighted by molar-refractivity contribution is -0.143. The van der Waals surface area contributed by atoms with Crippen molar-refractivity contribution in [1.29, 1.82) is 0 Å². The lowest BCUT2D eigenvalue weighted by Gasteiger charge is -2.15. The molecule has 0 saturated carbocycles. The maximum atomic E-state index is 12.1. The molecule has 0 atom stereocenters. The van der Waals surface area contributed by atoms with E-state index in [9.17, 15) is 4.79 Å². The monoisotopic (exact) mass is 396 g/mol. The number of para-hydroxylation sites is 2. The fourth-order valence-corrected chi connectivity index (χ4v) is 2.37. The summed E-state index contributed by atoms with van der Waals surface area (Å²) in [6.45, 7) is -0.188. The highest BCUT2D eigenvalue weighted by molar-refractivity contribution is 5.74. The Balaban J connectivity index is 1.62. The predicted molar refractivity (Wildman–Crippen MR) is 106 cm³/mol. The van der Waals surface area contributed by atoms with Gasteiger partial charge in [-0.05, 0) is 18.2 Å². The van der Waals surface area contributed by atoms with Gasteiger partial charge in [0, 0.05) is 19.4 Å². The molecule has 0 fully saturated rings. The highest BCUT2D eigenvalue weighted by atomic mass is 16.5. The number of nitrogen functional groups attached to an aromatic ring is 1. The number of carbonyl (C=O) groups is 1. The zero-order valence-electron chi connectivity index (χ0n) is 15.9. The van der Waals surface area contributed by atoms with Gasteiger partial charge in [0.15, 0.2) is 12.4 Å². The molecule has 0 saturated heterocycles. The van der Waals surface area contributed by atoms with Crippen LogP contribution < -0.4 is 20.7 Å². The average Bonchev–Trinajstić information content (AvgIpc) is 2.73. The van der Waals surface area contributed by atoms with Gasteiger partial charge in [0.25, 0.3) is 0 Å². The number of aromatic nitrogens is 5. The summed E-state index contributed by atoms with van der Waals surface area (Å²) in [6.07, 6.45) is 3.18. The zero-order chi connectivity index (χ0) is 20.6. The summed E-state index contributed by atoms with van der Waals surface area (Å²) >= 11 is 0. The summed E-state index contributed by atoms with van der Waals surface area (Å²) in [5.74, 6) is 0.962. The fraction of sp³-hybridized carbons (Fsp3) is 0.222. The highest BCUT2D eigenvalue weighted by Crippen LogP contribution is 2.25. The number of ether oxygens (including phenoxy) is 2. The van der Waals surface area contributed by atoms with Gasteiger partial charge in [0.2, 0.25) is 17.8 Å². The third-order valence-electron chi connectivity index (χ3n) is 3.67. The number of hydrogen-bond donors (Lipinski definition) is 2. The molecule has 0 amide bonds. The number of nitrogens with two attached hydrogens (primary N) is 1. The van der Waals surface area contributed by atoms with E-state index in [1.807, 2.05) is 12.1 Å². The summed E-state index contributed by atoms with van der Waals surface area (Å²) < 4.78 is 10.5. The summed E-state index contributed by atoms with van der Waals surface area (Å²) in [6, 6.07) is 8.97. The molecule has 2 aromatic heterocycles. The number of carbonyl (C=O) groups excluding carboxylic acids is 1. The van der Waals surface area contributed by atoms with Crippen molar-refractivity contribution in [2.24, 2.45) is 0 Å². The van der Waals surface area contributed by atoms with Crippen LogP contribution in [0.2, 0.25) is 0 Å². The second-order valence-corrected chi connectivity index (χ2v) is 5.82. The maximum absolute atomic E-state index is 12.1. The van der Waals surface area contributed by atoms with Crippen molar-refractivity contribution >= 4 is 29.5 Å². The smallest absolute Gasteiger partial charge is 0.326 e. The number of methoxy groups -OCH3 is 1. The molecule has 1 aromatic carbocycles. The van der Waals surface area contributed by atoms with E-state index in [1.54, 1.807) is 49.7 Å². The first-order chi connectivity index (χ1) is 14.0. The van der Waals surface area contributed by atoms with E-state index in [1.165, 1.54) is 0 Å². The Morgan fingerprint density at radius 1 is 1.14 bits per heavy atom. The first-order valence-corrected chi connectivity index (χ1v) is 8.59. The number of benzene rings is 1. The first-order valence-electron chi connectivity index (χ1n) is 8.59. The Kier molecular flexibility index (Phi) is 6.30. The van der Waals surface area contributed by atoms with Crippen molar-refractivity contribution < 1.29 is 14.3 Å². The summed E-state index contributed by atoms with van der Waals surface area (Å²) in [5, 5.41) is 3.01. The number of esters is 1. The summed E-state index contributed by atoms with van der Waals surface area (Å²) in [7, 11) is 3.25. The van der Waals surface area contributed by atoms with E-state index < -0.39 is 5.97 Å². The number of anilines is 4. The van der Waals surface area contributed by atoms with E-state index in [2.05, 4.69) is 30.2 Å². The summed E-state index contributed by atoms with van der Waals surface area (Å²) in [4.78, 5) is 34.1. The van der Waals surface area contributed by atoms with Crippen molar-refractivity contribution in [2.75, 3.05) is 36.7 Å². The molecule has 0 aliphatic heterocycles. The molecular formula is C18H20N8O3. The van der Waals surface area contributed by atoms with Gasteiger partial charge in [-0.15, -0.1) is 0 Å². The van der Waals surface area contributed by atoms with E-state index in [0.717, 1.165) is 0 Å². The average molecular weight is 396 g/mol. The second-order valence-electron chi connectivity index (χ2n) is 5.82. The van der Waals surface area contributed by atoms with Crippen LogP contribution in [0.15, 0.2) is 42.7 Å². The second kappa shape index (κ2) is 9.26. The molecule has 2 heterocycles. The third kappa shape index (κ3) is 5.48. The molecule has 0 unspecified atom stereocenters. The van der Waals surface area contributed by atoms with Gasteiger partial charge in [-0.25, -0.2) is 9.97 Å². The lowest BCUT2D eigenvalue weighted by atomic mass is 10.3. The Bertz CT molecular complexity index is 970. The predicted octanol–water partition coefficient (Wildman–Crippen LogP) is 1.18. The topological polar surface area (TPSA) is 141 Å². The Morgan fingerprint density at radius 2 is 1.90 bits per heavy atom. The van der Waals surface area contributed by atoms with Crippen molar-refractivity contribution in [3.05, 3.63) is 48.5 Å². The minimum atomic E-state index is -0.488. The van der Waals surface area contributed by atoms with Crippen LogP contribution in [0.4, 0.5) is 23.5 Å². The van der Waals surface area contributed by atoms with E-state index in [0.29, 0.717) is 17.4 Å². The molecule has 0 bridgehead atoms. The molecule has 3 N–H and O–H groups in total. The Morgan fingerprint density at radius 3 is 2.66 bits per heavy atom. The molecule has 0 aliphatic rings. The molecule has 3 aromatic rings. The van der Waals surface area contributed by atoms with E-state index in [4.69, 9.17) is 15.2 Å². The molecule has 11 nitrogen and oxygen atoms in total. The SMILES string of the molecule is COc1ccccc1Nc1nc(N)nc(COC(=O)CN(C)c2ncccn2)n1. The van der Waals surface area contributed by atoms with E-state index in [-0.39, 0.29) is 30.9 Å². The number of rotatable bonds is 8. The zero-order valence-corrected chi connectivity index (χ0v) is 15.9. The minimum absolute atomic E-state index is 0.00162. The normalized spacial score (nSPS) is 10.3. The van der Waals surface area contributed by atoms with Gasteiger partial charge in [-0.1, -0.05) is 12.1 Å². The van der Waals surface area contributed by atoms with Crippen molar-refractivity contribution in [2.45, 2.75) is 6.61 Å². The number of nitrogens with one attached hydrogen (secondary N) is 1. The standard InChI is InChI=1S/C18H20N8O3/c1-26(18-20-8-5-9-21-18)10-15(27)29-11-14-23-16(19)25-17(24-14)22-12-6-3-4-7-13(12)28-2/h3-9H,10-11H2,1-2H3,(H3,19,22,23,24,25). The largest absolute Gasteiger partial charge is 0.495 e. The molecule has 29 heavy (non-hydrogen) atoms. The Hall–Kier alpha value is -4.02. The summed E-state index contributed by atoms with van der Waals surface area (Å²) in [5.41, 5.74) is 6.41. The Labute approximate surface area is 167 Å². The number of likely N-dealkylation sites (N-methyl/N-ethyl adjacent to an activating group) is 1. The lowest BCUT2D eigenvalue weighted by Crippen LogP contribution is -2.28. The van der Waals surface area contributed by atoms with Gasteiger partial charge in [0.05, 0.1) is 12.8 Å². The van der Waals surface area contributed by atoms with Crippen molar-refractivity contribution in [3.8, 4) is 5.75 Å². The molecule has 0 radical (unpaired) electrons. The number of nitrogens with zero attached hydrogens (tertiary/aromatic N) is 6. The number of hydrogen-bond acceptors (Lipinski definition) is 11. The van der Waals surface area contributed by atoms with Gasteiger partial charge in [0.1, 0.15) is 12.3 Å². The van der Waals surface area contributed by atoms with Gasteiger partial charge < -0.3 is 25.4 Å².